The molecule has 110 valence electrons. The zero-order valence-corrected chi connectivity index (χ0v) is 11.8. The third-order valence-corrected chi connectivity index (χ3v) is 4.06. The Bertz CT molecular complexity index is 705. The first kappa shape index (κ1) is 13.7. The third-order valence-electron chi connectivity index (χ3n) is 4.06. The second-order valence-electron chi connectivity index (χ2n) is 5.69. The van der Waals surface area contributed by atoms with Gasteiger partial charge in [0.15, 0.2) is 0 Å². The molecule has 0 spiro atoms. The summed E-state index contributed by atoms with van der Waals surface area (Å²) in [5, 5.41) is 12.8. The van der Waals surface area contributed by atoms with E-state index in [-0.39, 0.29) is 11.8 Å². The molecule has 3 rings (SSSR count). The lowest BCUT2D eigenvalue weighted by atomic mass is 10.1. The number of amides is 1. The molecule has 1 aromatic heterocycles. The molecule has 1 fully saturated rings. The quantitative estimate of drug-likeness (QED) is 0.784. The van der Waals surface area contributed by atoms with E-state index in [1.807, 2.05) is 6.20 Å². The van der Waals surface area contributed by atoms with Crippen LogP contribution in [0.1, 0.15) is 17.5 Å². The summed E-state index contributed by atoms with van der Waals surface area (Å²) in [6.45, 7) is 2.58. The number of aliphatic carboxylic acids is 1. The van der Waals surface area contributed by atoms with E-state index in [0.717, 1.165) is 17.5 Å². The van der Waals surface area contributed by atoms with Crippen LogP contribution in [-0.2, 0) is 16.0 Å². The van der Waals surface area contributed by atoms with Crippen LogP contribution in [-0.4, -0.2) is 28.5 Å². The van der Waals surface area contributed by atoms with E-state index in [1.54, 1.807) is 0 Å². The summed E-state index contributed by atoms with van der Waals surface area (Å²) in [5.74, 6) is -1.84. The number of carboxylic acid groups (broad SMARTS) is 1. The number of hydrogen-bond donors (Lipinski definition) is 3. The Balaban J connectivity index is 1.55. The number of aryl methyl sites for hydroxylation is 1. The number of H-pyrrole nitrogens is 1. The maximum absolute atomic E-state index is 11.8. The van der Waals surface area contributed by atoms with Gasteiger partial charge >= 0.3 is 5.97 Å². The Hall–Kier alpha value is -2.30. The highest BCUT2D eigenvalue weighted by Gasteiger charge is 2.48. The number of carbonyl (C=O) groups is 2. The Kier molecular flexibility index (Phi) is 3.41. The van der Waals surface area contributed by atoms with Gasteiger partial charge < -0.3 is 15.4 Å². The zero-order valence-electron chi connectivity index (χ0n) is 11.8. The number of carboxylic acids is 1. The number of fused-ring (bicyclic) bond motifs is 1. The topological polar surface area (TPSA) is 82.2 Å². The van der Waals surface area contributed by atoms with Crippen LogP contribution in [0.4, 0.5) is 0 Å². The maximum Gasteiger partial charge on any atom is 0.307 e. The van der Waals surface area contributed by atoms with Gasteiger partial charge in [0.2, 0.25) is 5.91 Å². The van der Waals surface area contributed by atoms with Gasteiger partial charge in [-0.05, 0) is 37.0 Å². The van der Waals surface area contributed by atoms with Crippen molar-refractivity contribution in [3.63, 3.8) is 0 Å². The van der Waals surface area contributed by atoms with Crippen molar-refractivity contribution < 1.29 is 14.7 Å². The maximum atomic E-state index is 11.8. The summed E-state index contributed by atoms with van der Waals surface area (Å²) >= 11 is 0. The molecular formula is C16H18N2O3. The van der Waals surface area contributed by atoms with Gasteiger partial charge in [0.1, 0.15) is 0 Å². The second-order valence-corrected chi connectivity index (χ2v) is 5.69. The lowest BCUT2D eigenvalue weighted by Gasteiger charge is -2.04. The van der Waals surface area contributed by atoms with Crippen LogP contribution in [0.25, 0.3) is 10.9 Å². The van der Waals surface area contributed by atoms with Gasteiger partial charge in [-0.25, -0.2) is 0 Å². The van der Waals surface area contributed by atoms with E-state index in [2.05, 4.69) is 35.4 Å². The highest BCUT2D eigenvalue weighted by Crippen LogP contribution is 2.38. The minimum atomic E-state index is -0.873. The first-order chi connectivity index (χ1) is 10.1. The normalized spacial score (nSPS) is 20.4. The van der Waals surface area contributed by atoms with Crippen LogP contribution < -0.4 is 5.32 Å². The van der Waals surface area contributed by atoms with E-state index in [0.29, 0.717) is 13.0 Å². The molecule has 2 aromatic rings. The molecule has 5 heteroatoms. The van der Waals surface area contributed by atoms with E-state index < -0.39 is 11.9 Å². The fourth-order valence-corrected chi connectivity index (χ4v) is 2.72. The molecule has 0 saturated heterocycles. The first-order valence-electron chi connectivity index (χ1n) is 7.13. The third kappa shape index (κ3) is 2.77. The molecule has 2 unspecified atom stereocenters. The minimum Gasteiger partial charge on any atom is -0.481 e. The van der Waals surface area contributed by atoms with Gasteiger partial charge in [-0.1, -0.05) is 12.1 Å². The largest absolute Gasteiger partial charge is 0.481 e. The van der Waals surface area contributed by atoms with Crippen molar-refractivity contribution in [2.75, 3.05) is 6.54 Å². The van der Waals surface area contributed by atoms with Crippen LogP contribution in [0.2, 0.25) is 0 Å². The molecule has 1 aliphatic carbocycles. The second kappa shape index (κ2) is 5.24. The molecule has 1 heterocycles. The van der Waals surface area contributed by atoms with Crippen molar-refractivity contribution in [1.82, 2.24) is 10.3 Å². The van der Waals surface area contributed by atoms with Crippen molar-refractivity contribution in [1.29, 1.82) is 0 Å². The highest BCUT2D eigenvalue weighted by molar-refractivity contribution is 5.89. The van der Waals surface area contributed by atoms with Crippen LogP contribution in [0.5, 0.6) is 0 Å². The van der Waals surface area contributed by atoms with E-state index in [1.165, 1.54) is 10.9 Å². The Morgan fingerprint density at radius 2 is 2.19 bits per heavy atom. The van der Waals surface area contributed by atoms with Gasteiger partial charge in [0, 0.05) is 23.6 Å². The average Bonchev–Trinajstić information content (AvgIpc) is 3.16. The molecule has 1 saturated carbocycles. The van der Waals surface area contributed by atoms with Crippen molar-refractivity contribution >= 4 is 22.8 Å². The summed E-state index contributed by atoms with van der Waals surface area (Å²) in [6, 6.07) is 6.25. The number of benzene rings is 1. The lowest BCUT2D eigenvalue weighted by molar-refractivity contribution is -0.140. The van der Waals surface area contributed by atoms with Crippen molar-refractivity contribution in [3.05, 3.63) is 35.5 Å². The van der Waals surface area contributed by atoms with Gasteiger partial charge in [-0.15, -0.1) is 0 Å². The molecule has 0 aliphatic heterocycles. The number of hydrogen-bond acceptors (Lipinski definition) is 2. The molecule has 0 radical (unpaired) electrons. The summed E-state index contributed by atoms with van der Waals surface area (Å²) in [6.07, 6.45) is 3.17. The molecule has 5 nitrogen and oxygen atoms in total. The number of nitrogens with one attached hydrogen (secondary N) is 2. The predicted octanol–water partition coefficient (Wildman–Crippen LogP) is 1.86. The minimum absolute atomic E-state index is 0.141. The van der Waals surface area contributed by atoms with Crippen LogP contribution in [0.15, 0.2) is 24.4 Å². The first-order valence-corrected chi connectivity index (χ1v) is 7.13. The predicted molar refractivity (Wildman–Crippen MR) is 79.0 cm³/mol. The fraction of sp³-hybridized carbons (Fsp3) is 0.375. The summed E-state index contributed by atoms with van der Waals surface area (Å²) in [5.41, 5.74) is 3.47. The summed E-state index contributed by atoms with van der Waals surface area (Å²) in [7, 11) is 0. The van der Waals surface area contributed by atoms with Crippen LogP contribution >= 0.6 is 0 Å². The van der Waals surface area contributed by atoms with Gasteiger partial charge in [-0.2, -0.15) is 0 Å². The molecular weight excluding hydrogens is 268 g/mol. The monoisotopic (exact) mass is 286 g/mol. The molecule has 0 bridgehead atoms. The molecule has 1 amide bonds. The molecule has 3 N–H and O–H groups in total. The van der Waals surface area contributed by atoms with Crippen LogP contribution in [0, 0.1) is 18.8 Å². The van der Waals surface area contributed by atoms with E-state index >= 15 is 0 Å². The number of carbonyl (C=O) groups excluding carboxylic acids is 1. The van der Waals surface area contributed by atoms with Gasteiger partial charge in [0.05, 0.1) is 11.8 Å². The Morgan fingerprint density at radius 3 is 2.90 bits per heavy atom. The Labute approximate surface area is 122 Å². The van der Waals surface area contributed by atoms with Gasteiger partial charge in [-0.3, -0.25) is 9.59 Å². The summed E-state index contributed by atoms with van der Waals surface area (Å²) < 4.78 is 0. The lowest BCUT2D eigenvalue weighted by Crippen LogP contribution is -2.28. The zero-order chi connectivity index (χ0) is 15.0. The molecule has 1 aliphatic rings. The highest BCUT2D eigenvalue weighted by atomic mass is 16.4. The smallest absolute Gasteiger partial charge is 0.307 e. The van der Waals surface area contributed by atoms with E-state index in [9.17, 15) is 9.59 Å². The Morgan fingerprint density at radius 1 is 1.38 bits per heavy atom. The number of aromatic amines is 1. The average molecular weight is 286 g/mol. The van der Waals surface area contributed by atoms with E-state index in [4.69, 9.17) is 5.11 Å². The van der Waals surface area contributed by atoms with Crippen LogP contribution in [0.3, 0.4) is 0 Å². The molecule has 2 atom stereocenters. The van der Waals surface area contributed by atoms with Crippen molar-refractivity contribution in [2.24, 2.45) is 11.8 Å². The molecule has 21 heavy (non-hydrogen) atoms. The van der Waals surface area contributed by atoms with Crippen molar-refractivity contribution in [2.45, 2.75) is 19.8 Å². The summed E-state index contributed by atoms with van der Waals surface area (Å²) in [4.78, 5) is 25.7. The fourth-order valence-electron chi connectivity index (χ4n) is 2.72. The van der Waals surface area contributed by atoms with Gasteiger partial charge in [0.25, 0.3) is 0 Å². The SMILES string of the molecule is Cc1ccc2c(CCNC(=O)C3CC3C(=O)O)c[nH]c2c1. The number of rotatable bonds is 5. The molecule has 1 aromatic carbocycles. The standard InChI is InChI=1S/C16H18N2O3/c1-9-2-3-11-10(8-18-14(11)6-9)4-5-17-15(19)12-7-13(12)16(20)21/h2-3,6,8,12-13,18H,4-5,7H2,1H3,(H,17,19)(H,20,21). The number of aromatic nitrogens is 1. The van der Waals surface area contributed by atoms with Crippen molar-refractivity contribution in [3.8, 4) is 0 Å².